The van der Waals surface area contributed by atoms with Gasteiger partial charge in [-0.3, -0.25) is 0 Å². The summed E-state index contributed by atoms with van der Waals surface area (Å²) in [6.45, 7) is 8.65. The third-order valence-electron chi connectivity index (χ3n) is 2.91. The molecule has 0 spiro atoms. The second-order valence-corrected chi connectivity index (χ2v) is 7.84. The Bertz CT molecular complexity index is 639. The van der Waals surface area contributed by atoms with Crippen LogP contribution in [0.15, 0.2) is 29.7 Å². The monoisotopic (exact) mass is 334 g/mol. The molecule has 0 amide bonds. The molecule has 0 aliphatic heterocycles. The average molecular weight is 335 g/mol. The summed E-state index contributed by atoms with van der Waals surface area (Å²) in [6.07, 6.45) is 1.45. The highest BCUT2D eigenvalue weighted by Crippen LogP contribution is 2.29. The fourth-order valence-corrected chi connectivity index (χ4v) is 4.12. The van der Waals surface area contributed by atoms with Crippen molar-refractivity contribution in [1.82, 2.24) is 4.31 Å². The van der Waals surface area contributed by atoms with Crippen LogP contribution in [0.4, 0.5) is 4.39 Å². The zero-order valence-electron chi connectivity index (χ0n) is 12.4. The average Bonchev–Trinajstić information content (AvgIpc) is 2.36. The van der Waals surface area contributed by atoms with Gasteiger partial charge in [-0.1, -0.05) is 17.7 Å². The number of rotatable bonds is 5. The van der Waals surface area contributed by atoms with Gasteiger partial charge in [0.15, 0.2) is 0 Å². The molecule has 0 unspecified atom stereocenters. The Labute approximate surface area is 130 Å². The smallest absolute Gasteiger partial charge is 0.246 e. The van der Waals surface area contributed by atoms with E-state index in [-0.39, 0.29) is 23.7 Å². The number of sulfonamides is 1. The fourth-order valence-electron chi connectivity index (χ4n) is 1.92. The number of hydrogen-bond acceptors (Lipinski definition) is 3. The van der Waals surface area contributed by atoms with Crippen molar-refractivity contribution in [3.05, 3.63) is 41.2 Å². The van der Waals surface area contributed by atoms with E-state index in [1.165, 1.54) is 16.4 Å². The lowest BCUT2D eigenvalue weighted by Crippen LogP contribution is -2.45. The first-order valence-electron chi connectivity index (χ1n) is 6.37. The molecule has 0 fully saturated rings. The highest BCUT2D eigenvalue weighted by atomic mass is 35.5. The van der Waals surface area contributed by atoms with Crippen LogP contribution < -0.4 is 5.73 Å². The van der Waals surface area contributed by atoms with Gasteiger partial charge >= 0.3 is 0 Å². The van der Waals surface area contributed by atoms with Gasteiger partial charge in [-0.2, -0.15) is 4.31 Å². The predicted octanol–water partition coefficient (Wildman–Crippen LogP) is 2.91. The van der Waals surface area contributed by atoms with Gasteiger partial charge in [0, 0.05) is 29.2 Å². The maximum atomic E-state index is 14.4. The van der Waals surface area contributed by atoms with Gasteiger partial charge in [0.1, 0.15) is 10.7 Å². The first kappa shape index (κ1) is 18.1. The van der Waals surface area contributed by atoms with Crippen LogP contribution in [-0.4, -0.2) is 24.8 Å². The molecular formula is C14H20ClFN2O2S. The van der Waals surface area contributed by atoms with Crippen molar-refractivity contribution in [3.63, 3.8) is 0 Å². The molecule has 2 N–H and O–H groups in total. The van der Waals surface area contributed by atoms with E-state index in [9.17, 15) is 12.8 Å². The molecule has 0 radical (unpaired) electrons. The summed E-state index contributed by atoms with van der Waals surface area (Å²) < 4.78 is 41.0. The van der Waals surface area contributed by atoms with Crippen LogP contribution in [0.1, 0.15) is 26.3 Å². The molecule has 0 saturated carbocycles. The molecule has 118 valence electrons. The third kappa shape index (κ3) is 3.83. The molecule has 0 aromatic heterocycles. The maximum Gasteiger partial charge on any atom is 0.246 e. The molecule has 1 aromatic rings. The summed E-state index contributed by atoms with van der Waals surface area (Å²) in [5.74, 6) is -0.861. The molecule has 0 saturated heterocycles. The lowest BCUT2D eigenvalue weighted by molar-refractivity contribution is 0.269. The minimum absolute atomic E-state index is 0.0635. The van der Waals surface area contributed by atoms with Crippen molar-refractivity contribution in [2.24, 2.45) is 5.73 Å². The first-order valence-corrected chi connectivity index (χ1v) is 8.19. The molecule has 21 heavy (non-hydrogen) atoms. The number of benzene rings is 1. The summed E-state index contributed by atoms with van der Waals surface area (Å²) in [5, 5.41) is 0.128. The third-order valence-corrected chi connectivity index (χ3v) is 5.26. The van der Waals surface area contributed by atoms with Crippen molar-refractivity contribution in [2.75, 3.05) is 6.54 Å². The second-order valence-electron chi connectivity index (χ2n) is 5.58. The summed E-state index contributed by atoms with van der Waals surface area (Å²) in [4.78, 5) is -0.466. The standard InChI is InChI=1S/C14H20ClFN2O2S/c1-5-6-18(14(2,3)4)21(19,20)12-8-11(15)7-10(9-17)13(12)16/h5,7-8H,1,6,9,17H2,2-4H3. The Morgan fingerprint density at radius 1 is 1.43 bits per heavy atom. The Morgan fingerprint density at radius 2 is 2.00 bits per heavy atom. The zero-order chi connectivity index (χ0) is 16.4. The molecule has 0 aliphatic carbocycles. The lowest BCUT2D eigenvalue weighted by atomic mass is 10.1. The zero-order valence-corrected chi connectivity index (χ0v) is 13.9. The Kier molecular flexibility index (Phi) is 5.55. The summed E-state index contributed by atoms with van der Waals surface area (Å²) in [5.41, 5.74) is 4.76. The largest absolute Gasteiger partial charge is 0.326 e. The molecule has 0 aliphatic rings. The van der Waals surface area contributed by atoms with E-state index >= 15 is 0 Å². The number of nitrogens with two attached hydrogens (primary N) is 1. The minimum atomic E-state index is -4.06. The van der Waals surface area contributed by atoms with Crippen molar-refractivity contribution in [2.45, 2.75) is 37.8 Å². The molecule has 0 bridgehead atoms. The van der Waals surface area contributed by atoms with Gasteiger partial charge in [-0.25, -0.2) is 12.8 Å². The van der Waals surface area contributed by atoms with Gasteiger partial charge in [-0.15, -0.1) is 6.58 Å². The maximum absolute atomic E-state index is 14.4. The summed E-state index contributed by atoms with van der Waals surface area (Å²) >= 11 is 5.88. The van der Waals surface area contributed by atoms with Crippen LogP contribution in [0.25, 0.3) is 0 Å². The van der Waals surface area contributed by atoms with Gasteiger partial charge in [0.25, 0.3) is 0 Å². The van der Waals surface area contributed by atoms with Gasteiger partial charge < -0.3 is 5.73 Å². The van der Waals surface area contributed by atoms with Crippen LogP contribution in [-0.2, 0) is 16.6 Å². The number of hydrogen-bond donors (Lipinski definition) is 1. The van der Waals surface area contributed by atoms with Crippen LogP contribution in [0, 0.1) is 5.82 Å². The normalized spacial score (nSPS) is 12.7. The molecular weight excluding hydrogens is 315 g/mol. The number of nitrogens with zero attached hydrogens (tertiary/aromatic N) is 1. The van der Waals surface area contributed by atoms with Crippen LogP contribution in [0.3, 0.4) is 0 Å². The second kappa shape index (κ2) is 6.44. The predicted molar refractivity (Wildman–Crippen MR) is 83.1 cm³/mol. The van der Waals surface area contributed by atoms with Crippen LogP contribution in [0.5, 0.6) is 0 Å². The first-order chi connectivity index (χ1) is 9.55. The highest BCUT2D eigenvalue weighted by molar-refractivity contribution is 7.89. The SMILES string of the molecule is C=CCN(C(C)(C)C)S(=O)(=O)c1cc(Cl)cc(CN)c1F. The van der Waals surface area contributed by atoms with E-state index in [4.69, 9.17) is 17.3 Å². The van der Waals surface area contributed by atoms with E-state index < -0.39 is 26.3 Å². The molecule has 1 rings (SSSR count). The van der Waals surface area contributed by atoms with E-state index in [0.717, 1.165) is 6.07 Å². The molecule has 7 heteroatoms. The van der Waals surface area contributed by atoms with E-state index in [1.54, 1.807) is 20.8 Å². The van der Waals surface area contributed by atoms with E-state index in [1.807, 2.05) is 0 Å². The summed E-state index contributed by atoms with van der Waals surface area (Å²) in [7, 11) is -4.06. The lowest BCUT2D eigenvalue weighted by Gasteiger charge is -2.33. The van der Waals surface area contributed by atoms with E-state index in [2.05, 4.69) is 6.58 Å². The van der Waals surface area contributed by atoms with E-state index in [0.29, 0.717) is 0 Å². The van der Waals surface area contributed by atoms with Crippen LogP contribution >= 0.6 is 11.6 Å². The van der Waals surface area contributed by atoms with Crippen molar-refractivity contribution in [1.29, 1.82) is 0 Å². The van der Waals surface area contributed by atoms with Gasteiger partial charge in [0.05, 0.1) is 0 Å². The Balaban J connectivity index is 3.56. The van der Waals surface area contributed by atoms with Gasteiger partial charge in [0.2, 0.25) is 10.0 Å². The van der Waals surface area contributed by atoms with Gasteiger partial charge in [-0.05, 0) is 32.9 Å². The summed E-state index contributed by atoms with van der Waals surface area (Å²) in [6, 6.07) is 2.43. The van der Waals surface area contributed by atoms with Crippen LogP contribution in [0.2, 0.25) is 5.02 Å². The van der Waals surface area contributed by atoms with Crippen molar-refractivity contribution < 1.29 is 12.8 Å². The minimum Gasteiger partial charge on any atom is -0.326 e. The van der Waals surface area contributed by atoms with Crippen molar-refractivity contribution >= 4 is 21.6 Å². The molecule has 0 atom stereocenters. The Morgan fingerprint density at radius 3 is 2.43 bits per heavy atom. The fraction of sp³-hybridized carbons (Fsp3) is 0.429. The molecule has 0 heterocycles. The highest BCUT2D eigenvalue weighted by Gasteiger charge is 2.35. The molecule has 4 nitrogen and oxygen atoms in total. The topological polar surface area (TPSA) is 63.4 Å². The quantitative estimate of drug-likeness (QED) is 0.842. The Hall–Kier alpha value is -0.950. The molecule has 1 aromatic carbocycles. The van der Waals surface area contributed by atoms with Crippen molar-refractivity contribution in [3.8, 4) is 0 Å². The number of halogens is 2.